The van der Waals surface area contributed by atoms with Crippen LogP contribution in [0.25, 0.3) is 21.7 Å². The van der Waals surface area contributed by atoms with E-state index in [1.165, 1.54) is 30.3 Å². The minimum absolute atomic E-state index is 0.0344. The molecule has 3 aromatic carbocycles. The summed E-state index contributed by atoms with van der Waals surface area (Å²) in [4.78, 5) is 63.7. The van der Waals surface area contributed by atoms with Crippen molar-refractivity contribution in [2.24, 2.45) is 11.8 Å². The van der Waals surface area contributed by atoms with Crippen LogP contribution >= 0.6 is 0 Å². The van der Waals surface area contributed by atoms with Crippen molar-refractivity contribution in [2.45, 2.75) is 90.0 Å². The summed E-state index contributed by atoms with van der Waals surface area (Å²) in [6.45, 7) is 7.26. The molecule has 5 N–H and O–H groups in total. The largest absolute Gasteiger partial charge is 0.418 e. The maximum absolute atomic E-state index is 14.9. The number of hydrogen-bond acceptors (Lipinski definition) is 5. The number of para-hydroxylation sites is 1. The van der Waals surface area contributed by atoms with Crippen molar-refractivity contribution >= 4 is 51.0 Å². The number of rotatable bonds is 13. The van der Waals surface area contributed by atoms with Gasteiger partial charge in [0.2, 0.25) is 23.6 Å². The van der Waals surface area contributed by atoms with Crippen molar-refractivity contribution in [1.29, 1.82) is 0 Å². The number of nitrogens with zero attached hydrogens (tertiary/aromatic N) is 1. The second-order valence-electron chi connectivity index (χ2n) is 15.0. The summed E-state index contributed by atoms with van der Waals surface area (Å²) in [7, 11) is 0. The van der Waals surface area contributed by atoms with Crippen LogP contribution in [-0.4, -0.2) is 51.2 Å². The number of benzene rings is 3. The van der Waals surface area contributed by atoms with Crippen LogP contribution < -0.4 is 21.3 Å². The van der Waals surface area contributed by atoms with E-state index >= 15 is 0 Å². The van der Waals surface area contributed by atoms with E-state index in [4.69, 9.17) is 0 Å². The summed E-state index contributed by atoms with van der Waals surface area (Å²) in [6.07, 6.45) is -0.927. The number of amides is 4. The van der Waals surface area contributed by atoms with Crippen LogP contribution in [0.2, 0.25) is 0 Å². The molecule has 14 heteroatoms. The number of anilines is 1. The number of halogens is 4. The number of aromatic amines is 1. The molecule has 1 aliphatic carbocycles. The van der Waals surface area contributed by atoms with Crippen molar-refractivity contribution in [1.82, 2.24) is 25.9 Å². The number of carbonyl (C=O) groups excluding carboxylic acids is 4. The molecule has 2 aromatic heterocycles. The zero-order valence-corrected chi connectivity index (χ0v) is 32.1. The Bertz CT molecular complexity index is 2300. The highest BCUT2D eigenvalue weighted by atomic mass is 19.4. The lowest BCUT2D eigenvalue weighted by Crippen LogP contribution is -2.67. The molecule has 0 spiro atoms. The standard InChI is InChI=1S/C43H46F4N6O4/c1-5-24(3)36(39(55)50-33-16-9-12-27-23-48-20-18-28(27)33)52-41(57)42(19-17-34-30(22-42)29-13-10-14-31(38(29)49-34)43(45,46)47)53-40(56)37(25(4)6-2)51-35(54)21-26-11-7-8-15-32(26)44/h7-16,18,20,23-25,36-37,49H,5-6,17,19,21-22H2,1-4H3,(H,50,55)(H,51,54)(H,52,57)(H,53,56)/t24?,25?,36-,37-,42+/m0/s1. The van der Waals surface area contributed by atoms with E-state index in [2.05, 4.69) is 31.2 Å². The van der Waals surface area contributed by atoms with Crippen molar-refractivity contribution in [3.63, 3.8) is 0 Å². The molecule has 0 saturated carbocycles. The van der Waals surface area contributed by atoms with Gasteiger partial charge in [-0.1, -0.05) is 83.0 Å². The summed E-state index contributed by atoms with van der Waals surface area (Å²) < 4.78 is 56.8. The minimum atomic E-state index is -4.66. The predicted molar refractivity (Wildman–Crippen MR) is 209 cm³/mol. The lowest BCUT2D eigenvalue weighted by Gasteiger charge is -2.39. The summed E-state index contributed by atoms with van der Waals surface area (Å²) >= 11 is 0. The van der Waals surface area contributed by atoms with Gasteiger partial charge in [-0.2, -0.15) is 13.2 Å². The highest BCUT2D eigenvalue weighted by molar-refractivity contribution is 6.05. The van der Waals surface area contributed by atoms with Gasteiger partial charge in [-0.25, -0.2) is 4.39 Å². The molecule has 5 atom stereocenters. The summed E-state index contributed by atoms with van der Waals surface area (Å²) in [5.41, 5.74) is -1.17. The number of pyridine rings is 1. The molecule has 0 fully saturated rings. The molecule has 0 bridgehead atoms. The van der Waals surface area contributed by atoms with Crippen LogP contribution in [0.1, 0.15) is 69.3 Å². The molecule has 0 saturated heterocycles. The van der Waals surface area contributed by atoms with Crippen LogP contribution in [0.3, 0.4) is 0 Å². The monoisotopic (exact) mass is 786 g/mol. The fourth-order valence-corrected chi connectivity index (χ4v) is 7.54. The lowest BCUT2D eigenvalue weighted by atomic mass is 9.78. The van der Waals surface area contributed by atoms with E-state index in [1.54, 1.807) is 43.6 Å². The van der Waals surface area contributed by atoms with Gasteiger partial charge < -0.3 is 26.3 Å². The number of hydrogen-bond donors (Lipinski definition) is 5. The molecule has 0 aliphatic heterocycles. The van der Waals surface area contributed by atoms with Crippen LogP contribution in [0.15, 0.2) is 79.1 Å². The quantitative estimate of drug-likeness (QED) is 0.0805. The van der Waals surface area contributed by atoms with Gasteiger partial charge in [0.15, 0.2) is 0 Å². The highest BCUT2D eigenvalue weighted by Crippen LogP contribution is 2.40. The number of aryl methyl sites for hydroxylation is 1. The maximum Gasteiger partial charge on any atom is 0.418 e. The third kappa shape index (κ3) is 8.64. The first kappa shape index (κ1) is 40.9. The number of nitrogens with one attached hydrogen (secondary N) is 5. The summed E-state index contributed by atoms with van der Waals surface area (Å²) in [6, 6.07) is 14.5. The molecule has 2 unspecified atom stereocenters. The van der Waals surface area contributed by atoms with Crippen molar-refractivity contribution in [3.05, 3.63) is 107 Å². The zero-order valence-electron chi connectivity index (χ0n) is 32.1. The molecule has 10 nitrogen and oxygen atoms in total. The second kappa shape index (κ2) is 16.7. The van der Waals surface area contributed by atoms with Gasteiger partial charge >= 0.3 is 6.18 Å². The van der Waals surface area contributed by atoms with Gasteiger partial charge in [0, 0.05) is 46.4 Å². The number of H-pyrrole nitrogens is 1. The number of carbonyl (C=O) groups is 4. The van der Waals surface area contributed by atoms with Crippen LogP contribution in [0.5, 0.6) is 0 Å². The fraction of sp³-hybridized carbons (Fsp3) is 0.372. The van der Waals surface area contributed by atoms with Gasteiger partial charge in [-0.05, 0) is 60.1 Å². The van der Waals surface area contributed by atoms with Crippen LogP contribution in [0.4, 0.5) is 23.2 Å². The molecule has 300 valence electrons. The molecule has 4 amide bonds. The maximum atomic E-state index is 14.9. The Labute approximate surface area is 327 Å². The first-order chi connectivity index (χ1) is 27.2. The molecule has 2 heterocycles. The number of fused-ring (bicyclic) bond motifs is 4. The molecule has 6 rings (SSSR count). The van der Waals surface area contributed by atoms with E-state index in [1.807, 2.05) is 26.8 Å². The Morgan fingerprint density at radius 3 is 2.26 bits per heavy atom. The van der Waals surface area contributed by atoms with Crippen LogP contribution in [0, 0.1) is 17.7 Å². The van der Waals surface area contributed by atoms with E-state index in [0.29, 0.717) is 29.8 Å². The first-order valence-electron chi connectivity index (χ1n) is 19.1. The van der Waals surface area contributed by atoms with Gasteiger partial charge in [-0.15, -0.1) is 0 Å². The number of aromatic nitrogens is 2. The Kier molecular flexibility index (Phi) is 12.0. The van der Waals surface area contributed by atoms with Crippen molar-refractivity contribution < 1.29 is 36.7 Å². The zero-order chi connectivity index (χ0) is 41.1. The highest BCUT2D eigenvalue weighted by Gasteiger charge is 2.47. The van der Waals surface area contributed by atoms with Crippen molar-refractivity contribution in [3.8, 4) is 0 Å². The third-order valence-corrected chi connectivity index (χ3v) is 11.3. The molecule has 5 aromatic rings. The predicted octanol–water partition coefficient (Wildman–Crippen LogP) is 7.16. The van der Waals surface area contributed by atoms with Gasteiger partial charge in [0.25, 0.3) is 0 Å². The molecule has 57 heavy (non-hydrogen) atoms. The Hall–Kier alpha value is -5.79. The lowest BCUT2D eigenvalue weighted by molar-refractivity contribution is -0.138. The van der Waals surface area contributed by atoms with Crippen molar-refractivity contribution in [2.75, 3.05) is 5.32 Å². The minimum Gasteiger partial charge on any atom is -0.358 e. The fourth-order valence-electron chi connectivity index (χ4n) is 7.54. The Morgan fingerprint density at radius 2 is 1.56 bits per heavy atom. The third-order valence-electron chi connectivity index (χ3n) is 11.3. The SMILES string of the molecule is CCC(C)[C@H](NC(=O)Cc1ccccc1F)C(=O)N[C@]1(C(=O)N[C@H](C(=O)Nc2cccc3cnccc23)C(C)CC)CCc2[nH]c3c(C(F)(F)F)cccc3c2C1. The Balaban J connectivity index is 1.36. The average Bonchev–Trinajstić information content (AvgIpc) is 3.56. The normalized spacial score (nSPS) is 17.5. The average molecular weight is 787 g/mol. The molecule has 0 radical (unpaired) electrons. The summed E-state index contributed by atoms with van der Waals surface area (Å²) in [5.74, 6) is -3.91. The van der Waals surface area contributed by atoms with E-state index in [9.17, 15) is 36.7 Å². The Morgan fingerprint density at radius 1 is 0.860 bits per heavy atom. The van der Waals surface area contributed by atoms with Crippen LogP contribution in [-0.2, 0) is 44.6 Å². The summed E-state index contributed by atoms with van der Waals surface area (Å²) in [5, 5.41) is 13.3. The molecular weight excluding hydrogens is 741 g/mol. The van der Waals surface area contributed by atoms with E-state index in [-0.39, 0.29) is 48.1 Å². The van der Waals surface area contributed by atoms with Gasteiger partial charge in [0.05, 0.1) is 17.5 Å². The smallest absolute Gasteiger partial charge is 0.358 e. The number of alkyl halides is 3. The van der Waals surface area contributed by atoms with Gasteiger partial charge in [-0.3, -0.25) is 24.2 Å². The van der Waals surface area contributed by atoms with E-state index in [0.717, 1.165) is 16.8 Å². The van der Waals surface area contributed by atoms with Gasteiger partial charge in [0.1, 0.15) is 23.4 Å². The topological polar surface area (TPSA) is 145 Å². The molecule has 1 aliphatic rings. The second-order valence-corrected chi connectivity index (χ2v) is 15.0. The first-order valence-corrected chi connectivity index (χ1v) is 19.1. The molecular formula is C43H46F4N6O4. The van der Waals surface area contributed by atoms with E-state index < -0.39 is 64.7 Å².